The molecule has 1 aromatic carbocycles. The second-order valence-corrected chi connectivity index (χ2v) is 4.73. The van der Waals surface area contributed by atoms with Crippen molar-refractivity contribution in [3.8, 4) is 5.75 Å². The molecule has 5 nitrogen and oxygen atoms in total. The number of methoxy groups -OCH3 is 1. The Labute approximate surface area is 116 Å². The van der Waals surface area contributed by atoms with E-state index in [4.69, 9.17) is 4.74 Å². The molecule has 106 valence electrons. The lowest BCUT2D eigenvalue weighted by Gasteiger charge is -2.22. The second-order valence-electron chi connectivity index (χ2n) is 4.73. The number of carbonyl (C=O) groups is 3. The molecule has 0 N–H and O–H groups in total. The van der Waals surface area contributed by atoms with Crippen LogP contribution >= 0.6 is 0 Å². The summed E-state index contributed by atoms with van der Waals surface area (Å²) in [5, 5.41) is 0. The van der Waals surface area contributed by atoms with Gasteiger partial charge in [0.1, 0.15) is 5.75 Å². The van der Waals surface area contributed by atoms with Crippen molar-refractivity contribution in [2.24, 2.45) is 5.92 Å². The van der Waals surface area contributed by atoms with Crippen molar-refractivity contribution in [3.05, 3.63) is 29.3 Å². The molecule has 0 radical (unpaired) electrons. The molecule has 1 atom stereocenters. The van der Waals surface area contributed by atoms with Gasteiger partial charge in [-0.15, -0.1) is 0 Å². The number of benzene rings is 1. The number of carbonyl (C=O) groups excluding carboxylic acids is 3. The van der Waals surface area contributed by atoms with Gasteiger partial charge in [-0.1, -0.05) is 0 Å². The molecule has 20 heavy (non-hydrogen) atoms. The van der Waals surface area contributed by atoms with E-state index >= 15 is 0 Å². The summed E-state index contributed by atoms with van der Waals surface area (Å²) in [7, 11) is 1.57. The van der Waals surface area contributed by atoms with Gasteiger partial charge < -0.3 is 9.47 Å². The Morgan fingerprint density at radius 2 is 2.10 bits per heavy atom. The molecule has 0 saturated carbocycles. The fourth-order valence-corrected chi connectivity index (χ4v) is 2.34. The number of hydrogen-bond acceptors (Lipinski definition) is 5. The normalized spacial score (nSPS) is 17.3. The van der Waals surface area contributed by atoms with Crippen LogP contribution in [-0.2, 0) is 20.7 Å². The van der Waals surface area contributed by atoms with E-state index in [9.17, 15) is 14.4 Å². The summed E-state index contributed by atoms with van der Waals surface area (Å²) in [5.41, 5.74) is 1.45. The summed E-state index contributed by atoms with van der Waals surface area (Å²) in [6.45, 7) is 0.898. The highest BCUT2D eigenvalue weighted by atomic mass is 16.5. The maximum absolute atomic E-state index is 12.3. The minimum atomic E-state index is -0.713. The fourth-order valence-electron chi connectivity index (χ4n) is 2.34. The summed E-state index contributed by atoms with van der Waals surface area (Å²) in [6, 6.07) is 5.21. The molecule has 1 aromatic rings. The van der Waals surface area contributed by atoms with Crippen molar-refractivity contribution >= 4 is 17.5 Å². The molecule has 1 aliphatic carbocycles. The molecule has 0 bridgehead atoms. The van der Waals surface area contributed by atoms with Crippen molar-refractivity contribution < 1.29 is 23.9 Å². The summed E-state index contributed by atoms with van der Waals surface area (Å²) in [6.07, 6.45) is 1.08. The van der Waals surface area contributed by atoms with Crippen LogP contribution in [0.3, 0.4) is 0 Å². The van der Waals surface area contributed by atoms with Crippen LogP contribution in [0.5, 0.6) is 5.75 Å². The van der Waals surface area contributed by atoms with Crippen LogP contribution in [0.25, 0.3) is 0 Å². The van der Waals surface area contributed by atoms with Gasteiger partial charge in [-0.3, -0.25) is 14.4 Å². The van der Waals surface area contributed by atoms with E-state index < -0.39 is 11.9 Å². The molecule has 0 amide bonds. The Kier molecular flexibility index (Phi) is 4.17. The Bertz CT molecular complexity index is 561. The van der Waals surface area contributed by atoms with E-state index in [-0.39, 0.29) is 18.2 Å². The molecule has 5 heteroatoms. The minimum absolute atomic E-state index is 0.203. The van der Waals surface area contributed by atoms with Crippen LogP contribution < -0.4 is 4.74 Å². The zero-order valence-corrected chi connectivity index (χ0v) is 11.5. The third kappa shape index (κ3) is 2.87. The highest BCUT2D eigenvalue weighted by Crippen LogP contribution is 2.29. The van der Waals surface area contributed by atoms with Crippen LogP contribution in [0.1, 0.15) is 29.3 Å². The molecule has 0 heterocycles. The summed E-state index contributed by atoms with van der Waals surface area (Å²) < 4.78 is 9.79. The van der Waals surface area contributed by atoms with Gasteiger partial charge in [-0.25, -0.2) is 0 Å². The number of fused-ring (bicyclic) bond motifs is 1. The van der Waals surface area contributed by atoms with Crippen LogP contribution in [-0.4, -0.2) is 31.3 Å². The summed E-state index contributed by atoms with van der Waals surface area (Å²) >= 11 is 0. The van der Waals surface area contributed by atoms with Crippen LogP contribution in [0.15, 0.2) is 18.2 Å². The number of ketones is 2. The average molecular weight is 276 g/mol. The number of rotatable bonds is 4. The van der Waals surface area contributed by atoms with E-state index in [0.717, 1.165) is 5.56 Å². The highest BCUT2D eigenvalue weighted by Gasteiger charge is 2.33. The average Bonchev–Trinajstić information content (AvgIpc) is 2.44. The molecular formula is C15H16O5. The maximum Gasteiger partial charge on any atom is 0.303 e. The van der Waals surface area contributed by atoms with E-state index in [1.807, 2.05) is 6.07 Å². The number of aryl methyl sites for hydroxylation is 1. The van der Waals surface area contributed by atoms with Gasteiger partial charge in [0.15, 0.2) is 18.2 Å². The molecule has 2 rings (SSSR count). The zero-order valence-electron chi connectivity index (χ0n) is 11.5. The van der Waals surface area contributed by atoms with Crippen molar-refractivity contribution in [2.75, 3.05) is 13.7 Å². The number of Topliss-reactive ketones (excluding diaryl/α,β-unsaturated/α-hetero) is 2. The molecule has 1 unspecified atom stereocenters. The van der Waals surface area contributed by atoms with Crippen molar-refractivity contribution in [1.29, 1.82) is 0 Å². The molecule has 1 aliphatic rings. The van der Waals surface area contributed by atoms with Crippen molar-refractivity contribution in [3.63, 3.8) is 0 Å². The first-order valence-electron chi connectivity index (χ1n) is 6.40. The third-order valence-electron chi connectivity index (χ3n) is 3.40. The van der Waals surface area contributed by atoms with Crippen LogP contribution in [0.2, 0.25) is 0 Å². The predicted octanol–water partition coefficient (Wildman–Crippen LogP) is 1.57. The monoisotopic (exact) mass is 276 g/mol. The van der Waals surface area contributed by atoms with Gasteiger partial charge in [0.25, 0.3) is 0 Å². The lowest BCUT2D eigenvalue weighted by atomic mass is 9.80. The molecule has 0 saturated heterocycles. The summed E-state index contributed by atoms with van der Waals surface area (Å²) in [5.74, 6) is -1.08. The van der Waals surface area contributed by atoms with Gasteiger partial charge >= 0.3 is 5.97 Å². The molecule has 0 aromatic heterocycles. The predicted molar refractivity (Wildman–Crippen MR) is 70.8 cm³/mol. The maximum atomic E-state index is 12.3. The van der Waals surface area contributed by atoms with E-state index in [1.54, 1.807) is 19.2 Å². The zero-order chi connectivity index (χ0) is 14.7. The van der Waals surface area contributed by atoms with Gasteiger partial charge in [0.2, 0.25) is 0 Å². The number of ether oxygens (including phenoxy) is 2. The Balaban J connectivity index is 2.15. The fraction of sp³-hybridized carbons (Fsp3) is 0.400. The number of hydrogen-bond donors (Lipinski definition) is 0. The number of esters is 1. The minimum Gasteiger partial charge on any atom is -0.497 e. The molecular weight excluding hydrogens is 260 g/mol. The highest BCUT2D eigenvalue weighted by molar-refractivity contribution is 6.12. The Morgan fingerprint density at radius 3 is 2.75 bits per heavy atom. The Morgan fingerprint density at radius 1 is 1.35 bits per heavy atom. The van der Waals surface area contributed by atoms with Gasteiger partial charge in [0, 0.05) is 12.5 Å². The van der Waals surface area contributed by atoms with E-state index in [2.05, 4.69) is 4.74 Å². The topological polar surface area (TPSA) is 69.7 Å². The van der Waals surface area contributed by atoms with Crippen molar-refractivity contribution in [1.82, 2.24) is 0 Å². The Hall–Kier alpha value is -2.17. The first-order valence-corrected chi connectivity index (χ1v) is 6.40. The van der Waals surface area contributed by atoms with Crippen LogP contribution in [0, 0.1) is 5.92 Å². The third-order valence-corrected chi connectivity index (χ3v) is 3.40. The largest absolute Gasteiger partial charge is 0.497 e. The van der Waals surface area contributed by atoms with Crippen molar-refractivity contribution in [2.45, 2.75) is 19.8 Å². The quantitative estimate of drug-likeness (QED) is 0.616. The first kappa shape index (κ1) is 14.2. The summed E-state index contributed by atoms with van der Waals surface area (Å²) in [4.78, 5) is 34.9. The SMILES string of the molecule is COc1ccc2c(c1)CCC(C(=O)COC(C)=O)C2=O. The second kappa shape index (κ2) is 5.86. The first-order chi connectivity index (χ1) is 9.52. The lowest BCUT2D eigenvalue weighted by Crippen LogP contribution is -2.32. The van der Waals surface area contributed by atoms with E-state index in [0.29, 0.717) is 24.2 Å². The van der Waals surface area contributed by atoms with Gasteiger partial charge in [-0.2, -0.15) is 0 Å². The molecule has 0 aliphatic heterocycles. The lowest BCUT2D eigenvalue weighted by molar-refractivity contribution is -0.146. The van der Waals surface area contributed by atoms with Gasteiger partial charge in [0.05, 0.1) is 13.0 Å². The standard InChI is InChI=1S/C15H16O5/c1-9(16)20-8-14(17)13-5-3-10-7-11(19-2)4-6-12(10)15(13)18/h4,6-7,13H,3,5,8H2,1-2H3. The van der Waals surface area contributed by atoms with Gasteiger partial charge in [-0.05, 0) is 36.6 Å². The van der Waals surface area contributed by atoms with E-state index in [1.165, 1.54) is 6.92 Å². The molecule has 0 fully saturated rings. The smallest absolute Gasteiger partial charge is 0.303 e. The van der Waals surface area contributed by atoms with Crippen LogP contribution in [0.4, 0.5) is 0 Å². The molecule has 0 spiro atoms.